The Morgan fingerprint density at radius 2 is 1.80 bits per heavy atom. The van der Waals surface area contributed by atoms with Crippen LogP contribution < -0.4 is 11.1 Å². The molecule has 0 fully saturated rings. The molecule has 0 bridgehead atoms. The van der Waals surface area contributed by atoms with Gasteiger partial charge in [0.2, 0.25) is 5.91 Å². The molecule has 2 aromatic rings. The van der Waals surface area contributed by atoms with E-state index in [2.05, 4.69) is 5.32 Å². The van der Waals surface area contributed by atoms with Crippen molar-refractivity contribution in [1.29, 1.82) is 0 Å². The first-order valence-electron chi connectivity index (χ1n) is 6.81. The number of benzene rings is 2. The minimum Gasteiger partial charge on any atom is -0.399 e. The van der Waals surface area contributed by atoms with E-state index in [-0.39, 0.29) is 5.91 Å². The molecule has 0 saturated heterocycles. The van der Waals surface area contributed by atoms with Gasteiger partial charge in [-0.05, 0) is 30.5 Å². The van der Waals surface area contributed by atoms with Crippen LogP contribution in [0.4, 0.5) is 5.69 Å². The summed E-state index contributed by atoms with van der Waals surface area (Å²) >= 11 is 0. The summed E-state index contributed by atoms with van der Waals surface area (Å²) in [4.78, 5) is 11.8. The van der Waals surface area contributed by atoms with Gasteiger partial charge in [-0.1, -0.05) is 48.0 Å². The van der Waals surface area contributed by atoms with Gasteiger partial charge < -0.3 is 11.1 Å². The molecule has 1 amide bonds. The number of hydrogen-bond donors (Lipinski definition) is 2. The second kappa shape index (κ2) is 6.75. The van der Waals surface area contributed by atoms with E-state index < -0.39 is 0 Å². The van der Waals surface area contributed by atoms with Crippen LogP contribution in [0.2, 0.25) is 0 Å². The number of hydrogen-bond acceptors (Lipinski definition) is 2. The van der Waals surface area contributed by atoms with Crippen LogP contribution in [0.15, 0.2) is 48.5 Å². The van der Waals surface area contributed by atoms with Gasteiger partial charge >= 0.3 is 0 Å². The molecule has 0 atom stereocenters. The molecule has 20 heavy (non-hydrogen) atoms. The predicted molar refractivity (Wildman–Crippen MR) is 82.2 cm³/mol. The van der Waals surface area contributed by atoms with Crippen molar-refractivity contribution in [3.63, 3.8) is 0 Å². The lowest BCUT2D eigenvalue weighted by atomic mass is 10.1. The van der Waals surface area contributed by atoms with Crippen molar-refractivity contribution in [2.24, 2.45) is 0 Å². The van der Waals surface area contributed by atoms with E-state index in [9.17, 15) is 4.79 Å². The fourth-order valence-electron chi connectivity index (χ4n) is 2.01. The van der Waals surface area contributed by atoms with Crippen LogP contribution in [0, 0.1) is 6.92 Å². The number of carbonyl (C=O) groups excluding carboxylic acids is 1. The Bertz CT molecular complexity index is 576. The molecule has 0 spiro atoms. The monoisotopic (exact) mass is 268 g/mol. The van der Waals surface area contributed by atoms with Crippen molar-refractivity contribution in [2.45, 2.75) is 26.3 Å². The van der Waals surface area contributed by atoms with Crippen LogP contribution in [0.25, 0.3) is 0 Å². The molecule has 0 unspecified atom stereocenters. The first-order chi connectivity index (χ1) is 9.65. The second-order valence-electron chi connectivity index (χ2n) is 4.96. The first-order valence-corrected chi connectivity index (χ1v) is 6.81. The Labute approximate surface area is 119 Å². The summed E-state index contributed by atoms with van der Waals surface area (Å²) in [5.74, 6) is 0.0498. The average molecular weight is 268 g/mol. The standard InChI is InChI=1S/C17H20N2O/c1-13-6-8-14(9-7-13)12-19-17(20)11-10-15-4-2-3-5-16(15)18/h2-9H,10-12,18H2,1H3,(H,19,20). The molecule has 0 aliphatic heterocycles. The normalized spacial score (nSPS) is 10.2. The van der Waals surface area contributed by atoms with Crippen molar-refractivity contribution in [2.75, 3.05) is 5.73 Å². The summed E-state index contributed by atoms with van der Waals surface area (Å²) in [5.41, 5.74) is 9.96. The van der Waals surface area contributed by atoms with E-state index in [4.69, 9.17) is 5.73 Å². The van der Waals surface area contributed by atoms with Gasteiger partial charge in [-0.25, -0.2) is 0 Å². The summed E-state index contributed by atoms with van der Waals surface area (Å²) < 4.78 is 0. The van der Waals surface area contributed by atoms with Crippen molar-refractivity contribution in [3.05, 3.63) is 65.2 Å². The second-order valence-corrected chi connectivity index (χ2v) is 4.96. The number of anilines is 1. The molecule has 0 aliphatic rings. The van der Waals surface area contributed by atoms with Crippen molar-refractivity contribution < 1.29 is 4.79 Å². The number of nitrogens with one attached hydrogen (secondary N) is 1. The predicted octanol–water partition coefficient (Wildman–Crippen LogP) is 2.83. The third-order valence-electron chi connectivity index (χ3n) is 3.29. The van der Waals surface area contributed by atoms with Gasteiger partial charge in [0.25, 0.3) is 0 Å². The van der Waals surface area contributed by atoms with Gasteiger partial charge in [0.05, 0.1) is 0 Å². The number of carbonyl (C=O) groups is 1. The van der Waals surface area contributed by atoms with Gasteiger partial charge in [-0.2, -0.15) is 0 Å². The van der Waals surface area contributed by atoms with E-state index in [0.29, 0.717) is 19.4 Å². The molecule has 2 aromatic carbocycles. The molecule has 0 aliphatic carbocycles. The Kier molecular flexibility index (Phi) is 4.77. The van der Waals surface area contributed by atoms with Gasteiger partial charge in [-0.3, -0.25) is 4.79 Å². The van der Waals surface area contributed by atoms with E-state index in [1.165, 1.54) is 5.56 Å². The van der Waals surface area contributed by atoms with E-state index in [1.807, 2.05) is 55.5 Å². The zero-order valence-electron chi connectivity index (χ0n) is 11.7. The molecule has 3 N–H and O–H groups in total. The summed E-state index contributed by atoms with van der Waals surface area (Å²) in [6.45, 7) is 2.62. The topological polar surface area (TPSA) is 55.1 Å². The van der Waals surface area contributed by atoms with Crippen LogP contribution in [-0.2, 0) is 17.8 Å². The smallest absolute Gasteiger partial charge is 0.220 e. The molecule has 3 nitrogen and oxygen atoms in total. The quantitative estimate of drug-likeness (QED) is 0.819. The maximum atomic E-state index is 11.8. The van der Waals surface area contributed by atoms with Gasteiger partial charge in [0, 0.05) is 18.7 Å². The summed E-state index contributed by atoms with van der Waals surface area (Å²) in [6.07, 6.45) is 1.13. The molecule has 0 heterocycles. The van der Waals surface area contributed by atoms with Gasteiger partial charge in [0.1, 0.15) is 0 Å². The SMILES string of the molecule is Cc1ccc(CNC(=O)CCc2ccccc2N)cc1. The fourth-order valence-corrected chi connectivity index (χ4v) is 2.01. The van der Waals surface area contributed by atoms with E-state index in [1.54, 1.807) is 0 Å². The highest BCUT2D eigenvalue weighted by Crippen LogP contribution is 2.12. The Hall–Kier alpha value is -2.29. The third-order valence-corrected chi connectivity index (χ3v) is 3.29. The zero-order valence-corrected chi connectivity index (χ0v) is 11.7. The molecule has 0 saturated carbocycles. The van der Waals surface area contributed by atoms with Gasteiger partial charge in [0.15, 0.2) is 0 Å². The van der Waals surface area contributed by atoms with Crippen molar-refractivity contribution in [3.8, 4) is 0 Å². The van der Waals surface area contributed by atoms with Crippen LogP contribution in [0.5, 0.6) is 0 Å². The number of aryl methyl sites for hydroxylation is 2. The van der Waals surface area contributed by atoms with E-state index in [0.717, 1.165) is 16.8 Å². The van der Waals surface area contributed by atoms with E-state index >= 15 is 0 Å². The maximum absolute atomic E-state index is 11.8. The summed E-state index contributed by atoms with van der Waals surface area (Å²) in [5, 5.41) is 2.93. The first kappa shape index (κ1) is 14.1. The molecule has 0 aromatic heterocycles. The Balaban J connectivity index is 1.78. The highest BCUT2D eigenvalue weighted by molar-refractivity contribution is 5.76. The number of nitrogen functional groups attached to an aromatic ring is 1. The number of rotatable bonds is 5. The lowest BCUT2D eigenvalue weighted by Gasteiger charge is -2.07. The number of para-hydroxylation sites is 1. The third kappa shape index (κ3) is 4.12. The minimum atomic E-state index is 0.0498. The largest absolute Gasteiger partial charge is 0.399 e. The maximum Gasteiger partial charge on any atom is 0.220 e. The van der Waals surface area contributed by atoms with Crippen LogP contribution >= 0.6 is 0 Å². The summed E-state index contributed by atoms with van der Waals surface area (Å²) in [7, 11) is 0. The van der Waals surface area contributed by atoms with Gasteiger partial charge in [-0.15, -0.1) is 0 Å². The molecule has 0 radical (unpaired) electrons. The molecule has 104 valence electrons. The fraction of sp³-hybridized carbons (Fsp3) is 0.235. The average Bonchev–Trinajstić information content (AvgIpc) is 2.46. The summed E-state index contributed by atoms with van der Waals surface area (Å²) in [6, 6.07) is 15.8. The lowest BCUT2D eigenvalue weighted by molar-refractivity contribution is -0.121. The highest BCUT2D eigenvalue weighted by Gasteiger charge is 2.04. The van der Waals surface area contributed by atoms with Crippen molar-refractivity contribution >= 4 is 11.6 Å². The Morgan fingerprint density at radius 1 is 1.10 bits per heavy atom. The Morgan fingerprint density at radius 3 is 2.50 bits per heavy atom. The van der Waals surface area contributed by atoms with Crippen LogP contribution in [0.1, 0.15) is 23.1 Å². The van der Waals surface area contributed by atoms with Crippen LogP contribution in [-0.4, -0.2) is 5.91 Å². The molecule has 3 heteroatoms. The number of nitrogens with two attached hydrogens (primary N) is 1. The highest BCUT2D eigenvalue weighted by atomic mass is 16.1. The lowest BCUT2D eigenvalue weighted by Crippen LogP contribution is -2.23. The number of amides is 1. The minimum absolute atomic E-state index is 0.0498. The van der Waals surface area contributed by atoms with Crippen LogP contribution in [0.3, 0.4) is 0 Å². The van der Waals surface area contributed by atoms with Crippen molar-refractivity contribution in [1.82, 2.24) is 5.32 Å². The zero-order chi connectivity index (χ0) is 14.4. The molecule has 2 rings (SSSR count). The molecular formula is C17H20N2O. The molecular weight excluding hydrogens is 248 g/mol.